The lowest BCUT2D eigenvalue weighted by Gasteiger charge is -2.26. The maximum Gasteiger partial charge on any atom is 0.0462 e. The molecule has 55 heavy (non-hydrogen) atoms. The Kier molecular flexibility index (Phi) is 9.41. The second kappa shape index (κ2) is 15.4. The molecule has 0 saturated carbocycles. The van der Waals surface area contributed by atoms with Crippen molar-refractivity contribution >= 4 is 85.8 Å². The fourth-order valence-corrected chi connectivity index (χ4v) is 7.40. The van der Waals surface area contributed by atoms with Crippen molar-refractivity contribution in [1.29, 1.82) is 0 Å². The molecule has 1 nitrogen and oxygen atoms in total. The number of hydrogen-bond donors (Lipinski definition) is 0. The molecule has 0 amide bonds. The van der Waals surface area contributed by atoms with Gasteiger partial charge in [-0.15, -0.1) is 0 Å². The molecule has 1 heteroatoms. The van der Waals surface area contributed by atoms with Crippen LogP contribution in [0.5, 0.6) is 0 Å². The largest absolute Gasteiger partial charge is 0.311 e. The highest BCUT2D eigenvalue weighted by Gasteiger charge is 2.13. The minimum Gasteiger partial charge on any atom is -0.311 e. The van der Waals surface area contributed by atoms with Gasteiger partial charge in [0.25, 0.3) is 0 Å². The topological polar surface area (TPSA) is 3.24 Å². The van der Waals surface area contributed by atoms with E-state index < -0.39 is 0 Å². The van der Waals surface area contributed by atoms with Gasteiger partial charge in [-0.25, -0.2) is 0 Å². The van der Waals surface area contributed by atoms with Crippen LogP contribution < -0.4 is 4.90 Å². The van der Waals surface area contributed by atoms with E-state index in [4.69, 9.17) is 0 Å². The van der Waals surface area contributed by atoms with Gasteiger partial charge < -0.3 is 4.90 Å². The number of rotatable bonds is 9. The third-order valence-corrected chi connectivity index (χ3v) is 10.3. The number of benzene rings is 9. The summed E-state index contributed by atoms with van der Waals surface area (Å²) < 4.78 is 0. The molecule has 0 radical (unpaired) electrons. The Balaban J connectivity index is 1.02. The molecule has 0 aliphatic heterocycles. The fraction of sp³-hybridized carbons (Fsp3) is 0. The molecular weight excluding hydrogens is 663 g/mol. The van der Waals surface area contributed by atoms with Crippen molar-refractivity contribution in [3.63, 3.8) is 0 Å². The van der Waals surface area contributed by atoms with Crippen LogP contribution in [0.4, 0.5) is 17.1 Å². The van der Waals surface area contributed by atoms with E-state index in [1.54, 1.807) is 0 Å². The number of nitrogens with zero attached hydrogens (tertiary/aromatic N) is 1. The van der Waals surface area contributed by atoms with E-state index in [-0.39, 0.29) is 0 Å². The maximum absolute atomic E-state index is 2.33. The van der Waals surface area contributed by atoms with Crippen LogP contribution in [-0.2, 0) is 0 Å². The molecule has 0 aliphatic carbocycles. The van der Waals surface area contributed by atoms with Crippen molar-refractivity contribution in [3.8, 4) is 0 Å². The lowest BCUT2D eigenvalue weighted by Crippen LogP contribution is -2.09. The monoisotopic (exact) mass is 701 g/mol. The van der Waals surface area contributed by atoms with Crippen molar-refractivity contribution < 1.29 is 0 Å². The Labute approximate surface area is 323 Å². The Hall–Kier alpha value is -7.22. The quantitative estimate of drug-likeness (QED) is 0.135. The molecule has 0 heterocycles. The van der Waals surface area contributed by atoms with Crippen molar-refractivity contribution in [2.24, 2.45) is 0 Å². The standard InChI is InChI=1S/C54H39N/c1-4-19-52-43(10-1)13-7-16-46(52)31-22-40-25-34-49(35-26-40)55(50-36-27-41(28-37-50)23-32-47-17-8-14-44-11-2-5-20-53(44)47)51-38-29-42(30-39-51)24-33-48-18-9-15-45-12-3-6-21-54(45)48/h1-39H/b31-22+,32-23+,33-24+. The third kappa shape index (κ3) is 7.38. The molecule has 9 rings (SSSR count). The summed E-state index contributed by atoms with van der Waals surface area (Å²) in [5.74, 6) is 0. The van der Waals surface area contributed by atoms with Crippen LogP contribution in [0, 0.1) is 0 Å². The van der Waals surface area contributed by atoms with Crippen LogP contribution in [0.3, 0.4) is 0 Å². The summed E-state index contributed by atoms with van der Waals surface area (Å²) in [5.41, 5.74) is 10.4. The van der Waals surface area contributed by atoms with Gasteiger partial charge in [0, 0.05) is 17.1 Å². The maximum atomic E-state index is 2.33. The summed E-state index contributed by atoms with van der Waals surface area (Å²) in [6, 6.07) is 71.5. The van der Waals surface area contributed by atoms with Crippen LogP contribution in [0.15, 0.2) is 200 Å². The summed E-state index contributed by atoms with van der Waals surface area (Å²) in [6.07, 6.45) is 13.2. The molecule has 9 aromatic carbocycles. The molecule has 260 valence electrons. The zero-order chi connectivity index (χ0) is 36.8. The first kappa shape index (κ1) is 33.6. The normalized spacial score (nSPS) is 11.8. The summed E-state index contributed by atoms with van der Waals surface area (Å²) >= 11 is 0. The molecule has 0 spiro atoms. The van der Waals surface area contributed by atoms with E-state index in [1.165, 1.54) is 49.0 Å². The molecule has 0 aromatic heterocycles. The number of fused-ring (bicyclic) bond motifs is 3. The molecule has 0 unspecified atom stereocenters. The zero-order valence-corrected chi connectivity index (χ0v) is 30.5. The molecule has 9 aromatic rings. The first-order valence-corrected chi connectivity index (χ1v) is 18.8. The fourth-order valence-electron chi connectivity index (χ4n) is 7.40. The van der Waals surface area contributed by atoms with Crippen LogP contribution in [0.2, 0.25) is 0 Å². The Morgan fingerprint density at radius 2 is 0.509 bits per heavy atom. The van der Waals surface area contributed by atoms with Crippen molar-refractivity contribution in [3.05, 3.63) is 234 Å². The first-order valence-electron chi connectivity index (χ1n) is 18.8. The lowest BCUT2D eigenvalue weighted by atomic mass is 10.0. The molecule has 0 saturated heterocycles. The number of hydrogen-bond acceptors (Lipinski definition) is 1. The Morgan fingerprint density at radius 1 is 0.236 bits per heavy atom. The average molecular weight is 702 g/mol. The molecule has 0 atom stereocenters. The first-order chi connectivity index (χ1) is 27.2. The van der Waals surface area contributed by atoms with Crippen LogP contribution >= 0.6 is 0 Å². The zero-order valence-electron chi connectivity index (χ0n) is 30.5. The van der Waals surface area contributed by atoms with Gasteiger partial charge in [-0.05, 0) is 102 Å². The summed E-state index contributed by atoms with van der Waals surface area (Å²) in [4.78, 5) is 2.33. The van der Waals surface area contributed by atoms with Gasteiger partial charge >= 0.3 is 0 Å². The van der Waals surface area contributed by atoms with Gasteiger partial charge in [0.15, 0.2) is 0 Å². The van der Waals surface area contributed by atoms with E-state index >= 15 is 0 Å². The summed E-state index contributed by atoms with van der Waals surface area (Å²) in [7, 11) is 0. The van der Waals surface area contributed by atoms with Crippen molar-refractivity contribution in [2.45, 2.75) is 0 Å². The molecule has 0 N–H and O–H groups in total. The SMILES string of the molecule is C(=C\c1cccc2ccccc12)/c1ccc(N(c2ccc(/C=C/c3cccc4ccccc34)cc2)c2ccc(/C=C/c3cccc4ccccc34)cc2)cc1. The van der Waals surface area contributed by atoms with Crippen molar-refractivity contribution in [1.82, 2.24) is 0 Å². The van der Waals surface area contributed by atoms with Gasteiger partial charge in [-0.3, -0.25) is 0 Å². The molecule has 0 bridgehead atoms. The minimum absolute atomic E-state index is 1.10. The average Bonchev–Trinajstić information content (AvgIpc) is 3.25. The van der Waals surface area contributed by atoms with Crippen LogP contribution in [0.1, 0.15) is 33.4 Å². The van der Waals surface area contributed by atoms with Crippen molar-refractivity contribution in [2.75, 3.05) is 4.90 Å². The molecular formula is C54H39N. The highest BCUT2D eigenvalue weighted by Crippen LogP contribution is 2.36. The minimum atomic E-state index is 1.10. The van der Waals surface area contributed by atoms with Gasteiger partial charge in [0.2, 0.25) is 0 Å². The molecule has 0 aliphatic rings. The van der Waals surface area contributed by atoms with Gasteiger partial charge in [0.1, 0.15) is 0 Å². The Morgan fingerprint density at radius 3 is 0.818 bits per heavy atom. The lowest BCUT2D eigenvalue weighted by molar-refractivity contribution is 1.28. The van der Waals surface area contributed by atoms with Gasteiger partial charge in [-0.1, -0.05) is 200 Å². The van der Waals surface area contributed by atoms with E-state index in [0.29, 0.717) is 0 Å². The predicted octanol–water partition coefficient (Wildman–Crippen LogP) is 15.1. The van der Waals surface area contributed by atoms with Crippen LogP contribution in [0.25, 0.3) is 68.8 Å². The second-order valence-electron chi connectivity index (χ2n) is 13.8. The van der Waals surface area contributed by atoms with E-state index in [9.17, 15) is 0 Å². The predicted molar refractivity (Wildman–Crippen MR) is 240 cm³/mol. The third-order valence-electron chi connectivity index (χ3n) is 10.3. The Bertz CT molecular complexity index is 2510. The van der Waals surface area contributed by atoms with E-state index in [1.807, 2.05) is 0 Å². The highest BCUT2D eigenvalue weighted by molar-refractivity contribution is 5.95. The smallest absolute Gasteiger partial charge is 0.0462 e. The van der Waals surface area contributed by atoms with E-state index in [0.717, 1.165) is 33.8 Å². The van der Waals surface area contributed by atoms with Gasteiger partial charge in [0.05, 0.1) is 0 Å². The molecule has 0 fully saturated rings. The van der Waals surface area contributed by atoms with Gasteiger partial charge in [-0.2, -0.15) is 0 Å². The summed E-state index contributed by atoms with van der Waals surface area (Å²) in [5, 5.41) is 7.53. The highest BCUT2D eigenvalue weighted by atomic mass is 15.1. The number of anilines is 3. The second-order valence-corrected chi connectivity index (χ2v) is 13.8. The summed E-state index contributed by atoms with van der Waals surface area (Å²) in [6.45, 7) is 0. The van der Waals surface area contributed by atoms with Crippen LogP contribution in [-0.4, -0.2) is 0 Å². The van der Waals surface area contributed by atoms with E-state index in [2.05, 4.69) is 242 Å².